The summed E-state index contributed by atoms with van der Waals surface area (Å²) in [5.74, 6) is -2.66. The molecular formula is C23H25FN2O4. The molecule has 2 rings (SSSR count). The van der Waals surface area contributed by atoms with Crippen molar-refractivity contribution in [2.24, 2.45) is 5.92 Å². The van der Waals surface area contributed by atoms with Crippen LogP contribution in [0.1, 0.15) is 36.7 Å². The zero-order valence-electron chi connectivity index (χ0n) is 17.1. The van der Waals surface area contributed by atoms with E-state index < -0.39 is 29.6 Å². The molecule has 2 amide bonds. The second kappa shape index (κ2) is 10.9. The van der Waals surface area contributed by atoms with Gasteiger partial charge in [-0.05, 0) is 37.1 Å². The number of ether oxygens (including phenoxy) is 1. The standard InChI is InChI=1S/C23H25FN2O4/c1-4-30-23(29)20(15(2)3)26-22(28)19(14-17-12-8-9-13-18(17)24)25-21(27)16-10-6-5-7-11-16/h5-15,20H,4H2,1-3H3,(H,25,27)(H,26,28)/b19-14+/t20-/m1/s1. The molecule has 2 N–H and O–H groups in total. The van der Waals surface area contributed by atoms with Gasteiger partial charge < -0.3 is 15.4 Å². The van der Waals surface area contributed by atoms with E-state index in [-0.39, 0.29) is 23.8 Å². The lowest BCUT2D eigenvalue weighted by atomic mass is 10.0. The van der Waals surface area contributed by atoms with Crippen LogP contribution in [0.25, 0.3) is 6.08 Å². The third-order valence-electron chi connectivity index (χ3n) is 4.23. The van der Waals surface area contributed by atoms with Gasteiger partial charge in [0.2, 0.25) is 0 Å². The lowest BCUT2D eigenvalue weighted by Crippen LogP contribution is -2.47. The van der Waals surface area contributed by atoms with E-state index in [0.717, 1.165) is 0 Å². The molecular weight excluding hydrogens is 387 g/mol. The quantitative estimate of drug-likeness (QED) is 0.515. The van der Waals surface area contributed by atoms with Crippen molar-refractivity contribution in [1.29, 1.82) is 0 Å². The van der Waals surface area contributed by atoms with Gasteiger partial charge in [-0.15, -0.1) is 0 Å². The van der Waals surface area contributed by atoms with Gasteiger partial charge in [0, 0.05) is 11.1 Å². The minimum Gasteiger partial charge on any atom is -0.464 e. The van der Waals surface area contributed by atoms with Crippen LogP contribution in [0.2, 0.25) is 0 Å². The molecule has 158 valence electrons. The van der Waals surface area contributed by atoms with E-state index in [2.05, 4.69) is 10.6 Å². The van der Waals surface area contributed by atoms with Gasteiger partial charge in [0.1, 0.15) is 17.6 Å². The SMILES string of the molecule is CCOC(=O)[C@H](NC(=O)/C(=C\c1ccccc1F)NC(=O)c1ccccc1)C(C)C. The summed E-state index contributed by atoms with van der Waals surface area (Å²) in [6, 6.07) is 13.2. The van der Waals surface area contributed by atoms with Crippen LogP contribution in [0, 0.1) is 11.7 Å². The first-order valence-electron chi connectivity index (χ1n) is 9.63. The van der Waals surface area contributed by atoms with Gasteiger partial charge in [-0.2, -0.15) is 0 Å². The highest BCUT2D eigenvalue weighted by Crippen LogP contribution is 2.13. The normalized spacial score (nSPS) is 12.2. The maximum Gasteiger partial charge on any atom is 0.328 e. The lowest BCUT2D eigenvalue weighted by Gasteiger charge is -2.21. The molecule has 0 aliphatic heterocycles. The monoisotopic (exact) mass is 412 g/mol. The van der Waals surface area contributed by atoms with Crippen molar-refractivity contribution in [1.82, 2.24) is 10.6 Å². The lowest BCUT2D eigenvalue weighted by molar-refractivity contribution is -0.148. The Morgan fingerprint density at radius 2 is 1.67 bits per heavy atom. The Labute approximate surface area is 175 Å². The number of carbonyl (C=O) groups excluding carboxylic acids is 3. The molecule has 2 aromatic rings. The van der Waals surface area contributed by atoms with Crippen molar-refractivity contribution in [3.8, 4) is 0 Å². The molecule has 0 spiro atoms. The Balaban J connectivity index is 2.34. The molecule has 0 radical (unpaired) electrons. The van der Waals surface area contributed by atoms with E-state index in [9.17, 15) is 18.8 Å². The van der Waals surface area contributed by atoms with Crippen LogP contribution < -0.4 is 10.6 Å². The van der Waals surface area contributed by atoms with Crippen LogP contribution >= 0.6 is 0 Å². The third-order valence-corrected chi connectivity index (χ3v) is 4.23. The molecule has 6 nitrogen and oxygen atoms in total. The number of benzene rings is 2. The minimum absolute atomic E-state index is 0.119. The number of amides is 2. The predicted octanol–water partition coefficient (Wildman–Crippen LogP) is 3.30. The highest BCUT2D eigenvalue weighted by molar-refractivity contribution is 6.06. The molecule has 0 saturated heterocycles. The summed E-state index contributed by atoms with van der Waals surface area (Å²) < 4.78 is 19.1. The molecule has 1 atom stereocenters. The number of rotatable bonds is 8. The van der Waals surface area contributed by atoms with E-state index in [4.69, 9.17) is 4.74 Å². The van der Waals surface area contributed by atoms with Crippen molar-refractivity contribution in [3.63, 3.8) is 0 Å². The number of nitrogens with one attached hydrogen (secondary N) is 2. The fourth-order valence-corrected chi connectivity index (χ4v) is 2.64. The van der Waals surface area contributed by atoms with Crippen molar-refractivity contribution >= 4 is 23.9 Å². The number of hydrogen-bond acceptors (Lipinski definition) is 4. The molecule has 0 aliphatic carbocycles. The molecule has 0 fully saturated rings. The van der Waals surface area contributed by atoms with Gasteiger partial charge in [-0.1, -0.05) is 50.2 Å². The first kappa shape index (κ1) is 22.8. The van der Waals surface area contributed by atoms with Gasteiger partial charge in [0.05, 0.1) is 6.61 Å². The average Bonchev–Trinajstić information content (AvgIpc) is 2.73. The Morgan fingerprint density at radius 1 is 1.03 bits per heavy atom. The van der Waals surface area contributed by atoms with Gasteiger partial charge >= 0.3 is 5.97 Å². The fourth-order valence-electron chi connectivity index (χ4n) is 2.64. The average molecular weight is 412 g/mol. The Morgan fingerprint density at radius 3 is 2.27 bits per heavy atom. The van der Waals surface area contributed by atoms with Crippen LogP contribution in [0.5, 0.6) is 0 Å². The maximum atomic E-state index is 14.1. The number of hydrogen-bond donors (Lipinski definition) is 2. The van der Waals surface area contributed by atoms with Crippen molar-refractivity contribution < 1.29 is 23.5 Å². The molecule has 0 bridgehead atoms. The maximum absolute atomic E-state index is 14.1. The Kier molecular flexibility index (Phi) is 8.29. The summed E-state index contributed by atoms with van der Waals surface area (Å²) in [5.41, 5.74) is 0.257. The molecule has 7 heteroatoms. The third kappa shape index (κ3) is 6.27. The second-order valence-electron chi connectivity index (χ2n) is 6.85. The molecule has 0 heterocycles. The zero-order valence-corrected chi connectivity index (χ0v) is 17.1. The van der Waals surface area contributed by atoms with E-state index in [1.54, 1.807) is 57.2 Å². The Bertz CT molecular complexity index is 926. The van der Waals surface area contributed by atoms with Crippen molar-refractivity contribution in [2.75, 3.05) is 6.61 Å². The fraction of sp³-hybridized carbons (Fsp3) is 0.261. The number of carbonyl (C=O) groups is 3. The number of halogens is 1. The Hall–Kier alpha value is -3.48. The van der Waals surface area contributed by atoms with Crippen molar-refractivity contribution in [3.05, 3.63) is 77.2 Å². The minimum atomic E-state index is -0.921. The molecule has 0 unspecified atom stereocenters. The van der Waals surface area contributed by atoms with E-state index >= 15 is 0 Å². The summed E-state index contributed by atoms with van der Waals surface area (Å²) in [5, 5.41) is 5.09. The van der Waals surface area contributed by atoms with E-state index in [1.165, 1.54) is 24.3 Å². The smallest absolute Gasteiger partial charge is 0.328 e. The van der Waals surface area contributed by atoms with Crippen molar-refractivity contribution in [2.45, 2.75) is 26.8 Å². The van der Waals surface area contributed by atoms with Gasteiger partial charge in [0.25, 0.3) is 11.8 Å². The summed E-state index contributed by atoms with van der Waals surface area (Å²) in [6.45, 7) is 5.34. The second-order valence-corrected chi connectivity index (χ2v) is 6.85. The molecule has 0 aliphatic rings. The van der Waals surface area contributed by atoms with Crippen LogP contribution in [0.4, 0.5) is 4.39 Å². The predicted molar refractivity (Wildman–Crippen MR) is 112 cm³/mol. The summed E-state index contributed by atoms with van der Waals surface area (Å²) >= 11 is 0. The summed E-state index contributed by atoms with van der Waals surface area (Å²) in [7, 11) is 0. The van der Waals surface area contributed by atoms with Gasteiger partial charge in [-0.3, -0.25) is 9.59 Å². The highest BCUT2D eigenvalue weighted by atomic mass is 19.1. The van der Waals surface area contributed by atoms with Gasteiger partial charge in [-0.25, -0.2) is 9.18 Å². The largest absolute Gasteiger partial charge is 0.464 e. The molecule has 30 heavy (non-hydrogen) atoms. The highest BCUT2D eigenvalue weighted by Gasteiger charge is 2.27. The van der Waals surface area contributed by atoms with Gasteiger partial charge in [0.15, 0.2) is 0 Å². The van der Waals surface area contributed by atoms with E-state index in [1.807, 2.05) is 0 Å². The summed E-state index contributed by atoms with van der Waals surface area (Å²) in [4.78, 5) is 37.7. The van der Waals surface area contributed by atoms with Crippen LogP contribution in [-0.4, -0.2) is 30.4 Å². The first-order chi connectivity index (χ1) is 14.3. The number of esters is 1. The molecule has 2 aromatic carbocycles. The topological polar surface area (TPSA) is 84.5 Å². The first-order valence-corrected chi connectivity index (χ1v) is 9.63. The molecule has 0 saturated carbocycles. The summed E-state index contributed by atoms with van der Waals surface area (Å²) in [6.07, 6.45) is 1.23. The van der Waals surface area contributed by atoms with E-state index in [0.29, 0.717) is 5.56 Å². The van der Waals surface area contributed by atoms with Crippen LogP contribution in [0.3, 0.4) is 0 Å². The van der Waals surface area contributed by atoms with Crippen LogP contribution in [-0.2, 0) is 14.3 Å². The molecule has 0 aromatic heterocycles. The zero-order chi connectivity index (χ0) is 22.1. The van der Waals surface area contributed by atoms with Crippen LogP contribution in [0.15, 0.2) is 60.3 Å².